The molecule has 3 nitrogen and oxygen atoms in total. The Bertz CT molecular complexity index is 733. The third-order valence-electron chi connectivity index (χ3n) is 2.88. The Morgan fingerprint density at radius 3 is 2.82 bits per heavy atom. The van der Waals surface area contributed by atoms with Crippen LogP contribution in [0.15, 0.2) is 21.4 Å². The van der Waals surface area contributed by atoms with E-state index in [-0.39, 0.29) is 16.1 Å². The first-order valence-corrected chi connectivity index (χ1v) is 6.41. The van der Waals surface area contributed by atoms with Crippen LogP contribution in [0.4, 0.5) is 4.39 Å². The number of hydrogen-bond donors (Lipinski definition) is 1. The van der Waals surface area contributed by atoms with Crippen LogP contribution in [0.5, 0.6) is 0 Å². The first kappa shape index (κ1) is 11.1. The van der Waals surface area contributed by atoms with Crippen LogP contribution >= 0.6 is 28.1 Å². The number of halogens is 2. The summed E-state index contributed by atoms with van der Waals surface area (Å²) in [7, 11) is 0. The largest absolute Gasteiger partial charge is 0.331 e. The molecule has 1 aliphatic carbocycles. The lowest BCUT2D eigenvalue weighted by Crippen LogP contribution is -2.21. The van der Waals surface area contributed by atoms with Crippen molar-refractivity contribution < 1.29 is 4.39 Å². The summed E-state index contributed by atoms with van der Waals surface area (Å²) in [5.41, 5.74) is 0.296. The van der Waals surface area contributed by atoms with Crippen LogP contribution in [0.1, 0.15) is 18.9 Å². The zero-order valence-electron chi connectivity index (χ0n) is 8.67. The third kappa shape index (κ3) is 1.75. The molecule has 1 aromatic carbocycles. The molecule has 0 atom stereocenters. The molecule has 0 bridgehead atoms. The first-order valence-electron chi connectivity index (χ1n) is 5.21. The predicted molar refractivity (Wildman–Crippen MR) is 69.3 cm³/mol. The third-order valence-corrected chi connectivity index (χ3v) is 3.79. The van der Waals surface area contributed by atoms with Crippen LogP contribution in [0.3, 0.4) is 0 Å². The normalized spacial score (nSPS) is 15.4. The van der Waals surface area contributed by atoms with Gasteiger partial charge in [-0.2, -0.15) is 0 Å². The van der Waals surface area contributed by atoms with Crippen molar-refractivity contribution in [2.45, 2.75) is 18.9 Å². The second-order valence-corrected chi connectivity index (χ2v) is 5.39. The van der Waals surface area contributed by atoms with Gasteiger partial charge in [0, 0.05) is 6.04 Å². The summed E-state index contributed by atoms with van der Waals surface area (Å²) < 4.78 is 15.6. The average Bonchev–Trinajstić information content (AvgIpc) is 3.06. The van der Waals surface area contributed by atoms with Crippen molar-refractivity contribution in [1.29, 1.82) is 0 Å². The number of benzene rings is 1. The van der Waals surface area contributed by atoms with Gasteiger partial charge in [0.25, 0.3) is 5.56 Å². The van der Waals surface area contributed by atoms with Crippen LogP contribution in [-0.4, -0.2) is 9.55 Å². The van der Waals surface area contributed by atoms with Gasteiger partial charge in [-0.25, -0.2) is 4.39 Å². The van der Waals surface area contributed by atoms with Gasteiger partial charge < -0.3 is 4.98 Å². The van der Waals surface area contributed by atoms with E-state index in [0.29, 0.717) is 15.7 Å². The van der Waals surface area contributed by atoms with Crippen molar-refractivity contribution in [3.05, 3.63) is 37.5 Å². The van der Waals surface area contributed by atoms with Crippen molar-refractivity contribution in [2.24, 2.45) is 0 Å². The number of fused-ring (bicyclic) bond motifs is 1. The fourth-order valence-corrected chi connectivity index (χ4v) is 2.57. The Morgan fingerprint density at radius 1 is 1.47 bits per heavy atom. The fourth-order valence-electron chi connectivity index (χ4n) is 1.89. The number of nitrogens with one attached hydrogen (secondary N) is 1. The average molecular weight is 315 g/mol. The maximum Gasteiger partial charge on any atom is 0.262 e. The molecule has 1 saturated carbocycles. The summed E-state index contributed by atoms with van der Waals surface area (Å²) in [5, 5.41) is 0.457. The molecule has 1 N–H and O–H groups in total. The predicted octanol–water partition coefficient (Wildman–Crippen LogP) is 3.30. The molecule has 1 aliphatic rings. The molecule has 1 aromatic heterocycles. The van der Waals surface area contributed by atoms with Gasteiger partial charge >= 0.3 is 0 Å². The summed E-state index contributed by atoms with van der Waals surface area (Å²) in [6.07, 6.45) is 1.95. The number of rotatable bonds is 1. The molecule has 0 unspecified atom stereocenters. The van der Waals surface area contributed by atoms with Gasteiger partial charge in [0.1, 0.15) is 5.82 Å². The van der Waals surface area contributed by atoms with E-state index in [1.165, 1.54) is 12.1 Å². The van der Waals surface area contributed by atoms with E-state index in [9.17, 15) is 9.18 Å². The van der Waals surface area contributed by atoms with Crippen molar-refractivity contribution in [3.63, 3.8) is 0 Å². The number of aromatic nitrogens is 2. The molecule has 0 spiro atoms. The van der Waals surface area contributed by atoms with Gasteiger partial charge in [0.2, 0.25) is 0 Å². The minimum Gasteiger partial charge on any atom is -0.331 e. The summed E-state index contributed by atoms with van der Waals surface area (Å²) in [5.74, 6) is -0.410. The van der Waals surface area contributed by atoms with E-state index >= 15 is 0 Å². The van der Waals surface area contributed by atoms with Gasteiger partial charge in [-0.1, -0.05) is 0 Å². The zero-order valence-corrected chi connectivity index (χ0v) is 11.1. The second kappa shape index (κ2) is 3.74. The number of H-pyrrole nitrogens is 1. The van der Waals surface area contributed by atoms with E-state index in [1.54, 1.807) is 4.57 Å². The van der Waals surface area contributed by atoms with Crippen LogP contribution < -0.4 is 5.56 Å². The molecule has 0 saturated heterocycles. The lowest BCUT2D eigenvalue weighted by atomic mass is 10.2. The zero-order chi connectivity index (χ0) is 12.2. The maximum atomic E-state index is 13.4. The maximum absolute atomic E-state index is 13.4. The monoisotopic (exact) mass is 314 g/mol. The van der Waals surface area contributed by atoms with Crippen molar-refractivity contribution in [2.75, 3.05) is 0 Å². The van der Waals surface area contributed by atoms with E-state index in [1.807, 2.05) is 0 Å². The molecular weight excluding hydrogens is 307 g/mol. The molecule has 0 aliphatic heterocycles. The highest BCUT2D eigenvalue weighted by molar-refractivity contribution is 9.10. The van der Waals surface area contributed by atoms with Gasteiger partial charge in [-0.15, -0.1) is 0 Å². The summed E-state index contributed by atoms with van der Waals surface area (Å²) in [6, 6.07) is 2.99. The van der Waals surface area contributed by atoms with Gasteiger partial charge in [0.05, 0.1) is 15.4 Å². The van der Waals surface area contributed by atoms with E-state index < -0.39 is 5.82 Å². The summed E-state index contributed by atoms with van der Waals surface area (Å²) in [4.78, 5) is 15.1. The van der Waals surface area contributed by atoms with E-state index in [4.69, 9.17) is 12.2 Å². The minimum atomic E-state index is -0.410. The molecule has 2 aromatic rings. The highest BCUT2D eigenvalue weighted by Crippen LogP contribution is 2.34. The van der Waals surface area contributed by atoms with Crippen LogP contribution in [0, 0.1) is 10.6 Å². The van der Waals surface area contributed by atoms with Crippen molar-refractivity contribution in [3.8, 4) is 0 Å². The molecule has 0 radical (unpaired) electrons. The topological polar surface area (TPSA) is 37.8 Å². The SMILES string of the molecule is O=c1c2cc(Br)c(F)cc2[nH]c(=S)n1C1CC1. The van der Waals surface area contributed by atoms with Gasteiger partial charge in [-0.05, 0) is 53.1 Å². The molecule has 0 amide bonds. The van der Waals surface area contributed by atoms with Gasteiger partial charge in [-0.3, -0.25) is 9.36 Å². The highest BCUT2D eigenvalue weighted by atomic mass is 79.9. The molecule has 1 fully saturated rings. The Hall–Kier alpha value is -1.01. The molecule has 6 heteroatoms. The molecule has 1 heterocycles. The second-order valence-electron chi connectivity index (χ2n) is 4.15. The number of hydrogen-bond acceptors (Lipinski definition) is 2. The molecule has 17 heavy (non-hydrogen) atoms. The van der Waals surface area contributed by atoms with Crippen molar-refractivity contribution >= 4 is 39.1 Å². The first-order chi connectivity index (χ1) is 8.08. The summed E-state index contributed by atoms with van der Waals surface area (Å²) in [6.45, 7) is 0. The highest BCUT2D eigenvalue weighted by Gasteiger charge is 2.26. The van der Waals surface area contributed by atoms with Crippen LogP contribution in [0.25, 0.3) is 10.9 Å². The Labute approximate surface area is 109 Å². The van der Waals surface area contributed by atoms with Crippen LogP contribution in [-0.2, 0) is 0 Å². The lowest BCUT2D eigenvalue weighted by Gasteiger charge is -2.07. The van der Waals surface area contributed by atoms with Gasteiger partial charge in [0.15, 0.2) is 4.77 Å². The molecule has 3 rings (SSSR count). The molecule has 88 valence electrons. The minimum absolute atomic E-state index is 0.146. The Morgan fingerprint density at radius 2 is 2.18 bits per heavy atom. The quantitative estimate of drug-likeness (QED) is 0.820. The number of nitrogens with zero attached hydrogens (tertiary/aromatic N) is 1. The van der Waals surface area contributed by atoms with Crippen LogP contribution in [0.2, 0.25) is 0 Å². The fraction of sp³-hybridized carbons (Fsp3) is 0.273. The Balaban J connectivity index is 2.44. The van der Waals surface area contributed by atoms with Crippen molar-refractivity contribution in [1.82, 2.24) is 9.55 Å². The van der Waals surface area contributed by atoms with E-state index in [2.05, 4.69) is 20.9 Å². The summed E-state index contributed by atoms with van der Waals surface area (Å²) >= 11 is 8.22. The smallest absolute Gasteiger partial charge is 0.262 e. The lowest BCUT2D eigenvalue weighted by molar-refractivity contribution is 0.621. The Kier molecular flexibility index (Phi) is 2.45. The standard InChI is InChI=1S/C11H8BrFN2OS/c12-7-3-6-9(4-8(7)13)14-11(17)15(10(6)16)5-1-2-5/h3-5H,1-2H2,(H,14,17). The molecular formula is C11H8BrFN2OS. The van der Waals surface area contributed by atoms with E-state index in [0.717, 1.165) is 12.8 Å². The number of aromatic amines is 1.